The predicted molar refractivity (Wildman–Crippen MR) is 139 cm³/mol. The normalized spacial score (nSPS) is 10.8. The second-order valence-electron chi connectivity index (χ2n) is 8.47. The standard InChI is InChI=1S/C28H36Cl2O4/c29-21-23-11-15-25(16-12-23)27(31)33-19-9-7-5-3-1-2-4-6-8-10-20-34-28(32)26-17-13-24(22-30)14-18-26/h11-18H,1-10,19-22H2. The molecule has 0 atom stereocenters. The average Bonchev–Trinajstić information content (AvgIpc) is 2.88. The summed E-state index contributed by atoms with van der Waals surface area (Å²) in [6, 6.07) is 14.4. The molecule has 0 fully saturated rings. The summed E-state index contributed by atoms with van der Waals surface area (Å²) in [7, 11) is 0. The molecule has 0 saturated heterocycles. The van der Waals surface area contributed by atoms with Gasteiger partial charge in [0.15, 0.2) is 0 Å². The summed E-state index contributed by atoms with van der Waals surface area (Å²) in [6.45, 7) is 0.943. The highest BCUT2D eigenvalue weighted by Gasteiger charge is 2.07. The Kier molecular flexibility index (Phi) is 14.4. The molecular weight excluding hydrogens is 471 g/mol. The van der Waals surface area contributed by atoms with Gasteiger partial charge in [-0.15, -0.1) is 23.2 Å². The number of alkyl halides is 2. The molecule has 6 heteroatoms. The molecule has 0 aliphatic carbocycles. The molecule has 0 aliphatic rings. The van der Waals surface area contributed by atoms with E-state index in [4.69, 9.17) is 32.7 Å². The molecule has 186 valence electrons. The molecule has 0 aromatic heterocycles. The lowest BCUT2D eigenvalue weighted by atomic mass is 10.1. The van der Waals surface area contributed by atoms with Gasteiger partial charge in [-0.25, -0.2) is 9.59 Å². The van der Waals surface area contributed by atoms with Gasteiger partial charge in [0.1, 0.15) is 0 Å². The number of carbonyl (C=O) groups is 2. The van der Waals surface area contributed by atoms with Crippen molar-refractivity contribution in [1.29, 1.82) is 0 Å². The van der Waals surface area contributed by atoms with E-state index in [1.165, 1.54) is 38.5 Å². The van der Waals surface area contributed by atoms with Crippen molar-refractivity contribution in [2.45, 2.75) is 76.0 Å². The second-order valence-corrected chi connectivity index (χ2v) is 9.00. The molecule has 0 N–H and O–H groups in total. The van der Waals surface area contributed by atoms with Crippen LogP contribution in [-0.4, -0.2) is 25.2 Å². The first-order valence-corrected chi connectivity index (χ1v) is 13.3. The van der Waals surface area contributed by atoms with Gasteiger partial charge in [0, 0.05) is 11.8 Å². The highest BCUT2D eigenvalue weighted by molar-refractivity contribution is 6.17. The van der Waals surface area contributed by atoms with Crippen LogP contribution < -0.4 is 0 Å². The van der Waals surface area contributed by atoms with E-state index in [1.807, 2.05) is 24.3 Å². The number of halogens is 2. The van der Waals surface area contributed by atoms with Crippen LogP contribution in [0.5, 0.6) is 0 Å². The minimum atomic E-state index is -0.267. The summed E-state index contributed by atoms with van der Waals surface area (Å²) in [6.07, 6.45) is 11.2. The van der Waals surface area contributed by atoms with Crippen molar-refractivity contribution in [3.05, 3.63) is 70.8 Å². The lowest BCUT2D eigenvalue weighted by Crippen LogP contribution is -2.06. The van der Waals surface area contributed by atoms with Crippen LogP contribution in [0.15, 0.2) is 48.5 Å². The first kappa shape index (κ1) is 28.2. The third-order valence-electron chi connectivity index (χ3n) is 5.69. The van der Waals surface area contributed by atoms with Crippen molar-refractivity contribution in [3.8, 4) is 0 Å². The van der Waals surface area contributed by atoms with E-state index in [9.17, 15) is 9.59 Å². The van der Waals surface area contributed by atoms with Crippen molar-refractivity contribution in [1.82, 2.24) is 0 Å². The molecule has 4 nitrogen and oxygen atoms in total. The monoisotopic (exact) mass is 506 g/mol. The van der Waals surface area contributed by atoms with Gasteiger partial charge in [-0.1, -0.05) is 75.6 Å². The first-order valence-electron chi connectivity index (χ1n) is 12.3. The highest BCUT2D eigenvalue weighted by atomic mass is 35.5. The summed E-state index contributed by atoms with van der Waals surface area (Å²) in [5, 5.41) is 0. The van der Waals surface area contributed by atoms with Gasteiger partial charge < -0.3 is 9.47 Å². The summed E-state index contributed by atoms with van der Waals surface area (Å²) < 4.78 is 10.7. The Morgan fingerprint density at radius 2 is 0.794 bits per heavy atom. The Balaban J connectivity index is 1.36. The first-order chi connectivity index (χ1) is 16.6. The van der Waals surface area contributed by atoms with Gasteiger partial charge in [0.25, 0.3) is 0 Å². The molecule has 34 heavy (non-hydrogen) atoms. The molecule has 2 aromatic rings. The van der Waals surface area contributed by atoms with Gasteiger partial charge in [0.2, 0.25) is 0 Å². The van der Waals surface area contributed by atoms with E-state index in [0.717, 1.165) is 36.8 Å². The van der Waals surface area contributed by atoms with Gasteiger partial charge in [-0.2, -0.15) is 0 Å². The summed E-state index contributed by atoms with van der Waals surface area (Å²) >= 11 is 11.5. The fourth-order valence-electron chi connectivity index (χ4n) is 3.57. The van der Waals surface area contributed by atoms with Crippen LogP contribution in [0.4, 0.5) is 0 Å². The Morgan fingerprint density at radius 3 is 1.09 bits per heavy atom. The zero-order valence-electron chi connectivity index (χ0n) is 19.9. The fraction of sp³-hybridized carbons (Fsp3) is 0.500. The summed E-state index contributed by atoms with van der Waals surface area (Å²) in [5.41, 5.74) is 3.13. The van der Waals surface area contributed by atoms with E-state index >= 15 is 0 Å². The van der Waals surface area contributed by atoms with Gasteiger partial charge >= 0.3 is 11.9 Å². The lowest BCUT2D eigenvalue weighted by molar-refractivity contribution is 0.0488. The maximum Gasteiger partial charge on any atom is 0.338 e. The molecule has 0 amide bonds. The van der Waals surface area contributed by atoms with E-state index in [-0.39, 0.29) is 11.9 Å². The molecular formula is C28H36Cl2O4. The molecule has 0 unspecified atom stereocenters. The van der Waals surface area contributed by atoms with Crippen molar-refractivity contribution >= 4 is 35.1 Å². The van der Waals surface area contributed by atoms with Crippen molar-refractivity contribution in [2.75, 3.05) is 13.2 Å². The number of esters is 2. The zero-order chi connectivity index (χ0) is 24.4. The number of hydrogen-bond donors (Lipinski definition) is 0. The SMILES string of the molecule is O=C(OCCCCCCCCCCCCOC(=O)c1ccc(CCl)cc1)c1ccc(CCl)cc1. The third kappa shape index (κ3) is 11.4. The van der Waals surface area contributed by atoms with Crippen LogP contribution in [0.25, 0.3) is 0 Å². The van der Waals surface area contributed by atoms with Crippen molar-refractivity contribution in [3.63, 3.8) is 0 Å². The fourth-order valence-corrected chi connectivity index (χ4v) is 3.93. The minimum Gasteiger partial charge on any atom is -0.462 e. The third-order valence-corrected chi connectivity index (χ3v) is 6.31. The van der Waals surface area contributed by atoms with Crippen LogP contribution in [0.1, 0.15) is 96.1 Å². The Bertz CT molecular complexity index is 763. The van der Waals surface area contributed by atoms with Crippen LogP contribution in [0.3, 0.4) is 0 Å². The number of benzene rings is 2. The van der Waals surface area contributed by atoms with E-state index in [0.29, 0.717) is 36.1 Å². The minimum absolute atomic E-state index is 0.267. The molecule has 0 bridgehead atoms. The van der Waals surface area contributed by atoms with E-state index < -0.39 is 0 Å². The largest absolute Gasteiger partial charge is 0.462 e. The highest BCUT2D eigenvalue weighted by Crippen LogP contribution is 2.13. The van der Waals surface area contributed by atoms with Crippen molar-refractivity contribution in [2.24, 2.45) is 0 Å². The van der Waals surface area contributed by atoms with Crippen LogP contribution in [0.2, 0.25) is 0 Å². The maximum atomic E-state index is 12.0. The Labute approximate surface area is 213 Å². The number of ether oxygens (including phenoxy) is 2. The molecule has 0 aliphatic heterocycles. The summed E-state index contributed by atoms with van der Waals surface area (Å²) in [5.74, 6) is 0.352. The van der Waals surface area contributed by atoms with E-state index in [1.54, 1.807) is 24.3 Å². The molecule has 0 heterocycles. The molecule has 2 aromatic carbocycles. The maximum absolute atomic E-state index is 12.0. The second kappa shape index (κ2) is 17.4. The van der Waals surface area contributed by atoms with Crippen LogP contribution in [-0.2, 0) is 21.2 Å². The molecule has 0 radical (unpaired) electrons. The zero-order valence-corrected chi connectivity index (χ0v) is 21.4. The van der Waals surface area contributed by atoms with Gasteiger partial charge in [-0.3, -0.25) is 0 Å². The number of rotatable bonds is 17. The molecule has 0 saturated carbocycles. The average molecular weight is 507 g/mol. The number of carbonyl (C=O) groups excluding carboxylic acids is 2. The smallest absolute Gasteiger partial charge is 0.338 e. The van der Waals surface area contributed by atoms with Gasteiger partial charge in [0.05, 0.1) is 24.3 Å². The molecule has 2 rings (SSSR count). The topological polar surface area (TPSA) is 52.6 Å². The number of hydrogen-bond acceptors (Lipinski definition) is 4. The van der Waals surface area contributed by atoms with Crippen LogP contribution in [0, 0.1) is 0 Å². The lowest BCUT2D eigenvalue weighted by Gasteiger charge is -2.06. The quantitative estimate of drug-likeness (QED) is 0.123. The molecule has 0 spiro atoms. The Morgan fingerprint density at radius 1 is 0.500 bits per heavy atom. The van der Waals surface area contributed by atoms with Crippen LogP contribution >= 0.6 is 23.2 Å². The van der Waals surface area contributed by atoms with E-state index in [2.05, 4.69) is 0 Å². The summed E-state index contributed by atoms with van der Waals surface area (Å²) in [4.78, 5) is 24.0. The van der Waals surface area contributed by atoms with Crippen molar-refractivity contribution < 1.29 is 19.1 Å². The number of unbranched alkanes of at least 4 members (excludes halogenated alkanes) is 9. The predicted octanol–water partition coefficient (Wildman–Crippen LogP) is 8.08. The van der Waals surface area contributed by atoms with Gasteiger partial charge in [-0.05, 0) is 48.2 Å². The Hall–Kier alpha value is -2.04.